The molecule has 0 spiro atoms. The molecule has 1 aromatic carbocycles. The number of amides is 1. The Bertz CT molecular complexity index is 1720. The number of imidazole rings is 1. The lowest BCUT2D eigenvalue weighted by Gasteiger charge is -2.34. The SMILES string of the molecule is CC(C)=CCn1c(N2CCCC(NC(=O)OC(C)(C)C)C2)nc2c1c(=O)n(CC(=O)c1cccc(S(C)=O)c1)c(=O)n2C. The fraction of sp³-hybridized carbons (Fsp3) is 0.500. The standard InChI is InChI=1S/C30H40N6O6S/c1-19(2)13-15-35-24-25(32-27(35)34-14-9-11-21(17-34)31-28(39)42-30(3,4)5)33(6)29(40)36(26(24)38)18-23(37)20-10-8-12-22(16-20)43(7)41/h8,10,12-13,16,21H,9,11,14-15,17-18H2,1-7H3,(H,31,39). The second kappa shape index (κ2) is 12.7. The van der Waals surface area contributed by atoms with Gasteiger partial charge >= 0.3 is 11.8 Å². The number of anilines is 1. The summed E-state index contributed by atoms with van der Waals surface area (Å²) in [6, 6.07) is 6.16. The summed E-state index contributed by atoms with van der Waals surface area (Å²) in [4.78, 5) is 60.2. The zero-order valence-corrected chi connectivity index (χ0v) is 26.6. The second-order valence-electron chi connectivity index (χ2n) is 12.0. The molecule has 0 radical (unpaired) electrons. The monoisotopic (exact) mass is 612 g/mol. The van der Waals surface area contributed by atoms with Gasteiger partial charge in [0.15, 0.2) is 16.9 Å². The molecule has 1 saturated heterocycles. The largest absolute Gasteiger partial charge is 0.444 e. The van der Waals surface area contributed by atoms with Gasteiger partial charge in [-0.3, -0.25) is 22.9 Å². The second-order valence-corrected chi connectivity index (χ2v) is 13.4. The summed E-state index contributed by atoms with van der Waals surface area (Å²) < 4.78 is 21.3. The number of hydrogen-bond acceptors (Lipinski definition) is 8. The summed E-state index contributed by atoms with van der Waals surface area (Å²) in [7, 11) is 0.233. The molecule has 2 unspecified atom stereocenters. The van der Waals surface area contributed by atoms with Gasteiger partial charge in [-0.2, -0.15) is 4.98 Å². The zero-order valence-electron chi connectivity index (χ0n) is 25.8. The quantitative estimate of drug-likeness (QED) is 0.303. The number of Topliss-reactive ketones (excluding diaryl/α,β-unsaturated/α-hetero) is 1. The minimum absolute atomic E-state index is 0.202. The van der Waals surface area contributed by atoms with Crippen molar-refractivity contribution in [3.8, 4) is 0 Å². The number of allylic oxidation sites excluding steroid dienone is 2. The van der Waals surface area contributed by atoms with Crippen LogP contribution in [0.1, 0.15) is 57.8 Å². The highest BCUT2D eigenvalue weighted by Crippen LogP contribution is 2.24. The zero-order chi connectivity index (χ0) is 31.6. The summed E-state index contributed by atoms with van der Waals surface area (Å²) >= 11 is 0. The lowest BCUT2D eigenvalue weighted by molar-refractivity contribution is 0.0499. The number of nitrogens with zero attached hydrogens (tertiary/aromatic N) is 5. The van der Waals surface area contributed by atoms with Gasteiger partial charge < -0.3 is 19.5 Å². The van der Waals surface area contributed by atoms with Gasteiger partial charge in [-0.1, -0.05) is 23.8 Å². The van der Waals surface area contributed by atoms with Gasteiger partial charge in [0.25, 0.3) is 5.56 Å². The normalized spacial score (nSPS) is 16.2. The molecule has 3 heterocycles. The minimum Gasteiger partial charge on any atom is -0.444 e. The molecule has 43 heavy (non-hydrogen) atoms. The summed E-state index contributed by atoms with van der Waals surface area (Å²) in [6.45, 7) is 10.2. The Morgan fingerprint density at radius 3 is 2.56 bits per heavy atom. The molecule has 2 aromatic heterocycles. The van der Waals surface area contributed by atoms with Crippen LogP contribution in [-0.2, 0) is 35.7 Å². The van der Waals surface area contributed by atoms with Crippen molar-refractivity contribution in [2.75, 3.05) is 24.2 Å². The molecular weight excluding hydrogens is 572 g/mol. The van der Waals surface area contributed by atoms with E-state index in [-0.39, 0.29) is 22.8 Å². The number of fused-ring (bicyclic) bond motifs is 1. The lowest BCUT2D eigenvalue weighted by atomic mass is 10.1. The van der Waals surface area contributed by atoms with E-state index in [4.69, 9.17) is 9.72 Å². The molecule has 1 N–H and O–H groups in total. The maximum atomic E-state index is 13.9. The van der Waals surface area contributed by atoms with Gasteiger partial charge in [0, 0.05) is 60.2 Å². The lowest BCUT2D eigenvalue weighted by Crippen LogP contribution is -2.49. The third kappa shape index (κ3) is 7.32. The number of ketones is 1. The van der Waals surface area contributed by atoms with Crippen LogP contribution in [0, 0.1) is 0 Å². The van der Waals surface area contributed by atoms with Crippen molar-refractivity contribution in [2.45, 2.75) is 77.1 Å². The van der Waals surface area contributed by atoms with Gasteiger partial charge in [-0.25, -0.2) is 9.59 Å². The predicted molar refractivity (Wildman–Crippen MR) is 166 cm³/mol. The summed E-state index contributed by atoms with van der Waals surface area (Å²) in [5, 5.41) is 2.94. The molecule has 0 saturated carbocycles. The first kappa shape index (κ1) is 31.9. The van der Waals surface area contributed by atoms with Crippen molar-refractivity contribution in [3.05, 3.63) is 62.3 Å². The number of carbonyl (C=O) groups is 2. The number of aromatic nitrogens is 4. The number of piperidine rings is 1. The Balaban J connectivity index is 1.76. The number of carbonyl (C=O) groups excluding carboxylic acids is 2. The number of alkyl carbamates (subject to hydrolysis) is 1. The number of benzene rings is 1. The Labute approximate surface area is 252 Å². The predicted octanol–water partition coefficient (Wildman–Crippen LogP) is 2.98. The van der Waals surface area contributed by atoms with E-state index in [0.717, 1.165) is 23.0 Å². The first-order valence-electron chi connectivity index (χ1n) is 14.2. The molecule has 1 aliphatic heterocycles. The fourth-order valence-corrected chi connectivity index (χ4v) is 5.58. The average molecular weight is 613 g/mol. The Hall–Kier alpha value is -4.00. The molecule has 1 fully saturated rings. The van der Waals surface area contributed by atoms with Crippen LogP contribution < -0.4 is 21.5 Å². The highest BCUT2D eigenvalue weighted by Gasteiger charge is 2.29. The molecular formula is C30H40N6O6S. The van der Waals surface area contributed by atoms with Crippen molar-refractivity contribution in [1.82, 2.24) is 24.0 Å². The Morgan fingerprint density at radius 1 is 1.19 bits per heavy atom. The highest BCUT2D eigenvalue weighted by atomic mass is 32.2. The van der Waals surface area contributed by atoms with E-state index >= 15 is 0 Å². The van der Waals surface area contributed by atoms with Gasteiger partial charge in [-0.15, -0.1) is 0 Å². The highest BCUT2D eigenvalue weighted by molar-refractivity contribution is 7.84. The number of ether oxygens (including phenoxy) is 1. The van der Waals surface area contributed by atoms with Crippen molar-refractivity contribution in [2.24, 2.45) is 7.05 Å². The molecule has 2 atom stereocenters. The molecule has 12 nitrogen and oxygen atoms in total. The molecule has 1 aliphatic rings. The average Bonchev–Trinajstić information content (AvgIpc) is 3.32. The van der Waals surface area contributed by atoms with E-state index in [9.17, 15) is 23.4 Å². The van der Waals surface area contributed by atoms with Crippen molar-refractivity contribution < 1.29 is 18.5 Å². The summed E-state index contributed by atoms with van der Waals surface area (Å²) in [6.07, 6.45) is 4.50. The van der Waals surface area contributed by atoms with Crippen LogP contribution in [0.25, 0.3) is 11.2 Å². The van der Waals surface area contributed by atoms with Crippen molar-refractivity contribution >= 4 is 39.8 Å². The van der Waals surface area contributed by atoms with Crippen LogP contribution in [0.2, 0.25) is 0 Å². The van der Waals surface area contributed by atoms with Gasteiger partial charge in [0.2, 0.25) is 5.95 Å². The summed E-state index contributed by atoms with van der Waals surface area (Å²) in [5.41, 5.74) is -0.206. The van der Waals surface area contributed by atoms with E-state index < -0.39 is 46.1 Å². The topological polar surface area (TPSA) is 138 Å². The smallest absolute Gasteiger partial charge is 0.407 e. The summed E-state index contributed by atoms with van der Waals surface area (Å²) in [5.74, 6) is 0.0472. The van der Waals surface area contributed by atoms with Crippen LogP contribution in [0.5, 0.6) is 0 Å². The third-order valence-electron chi connectivity index (χ3n) is 7.11. The van der Waals surface area contributed by atoms with E-state index in [1.54, 1.807) is 43.5 Å². The molecule has 4 rings (SSSR count). The van der Waals surface area contributed by atoms with E-state index in [1.807, 2.05) is 24.8 Å². The first-order chi connectivity index (χ1) is 20.2. The van der Waals surface area contributed by atoms with Crippen LogP contribution in [-0.4, -0.2) is 65.8 Å². The van der Waals surface area contributed by atoms with Crippen LogP contribution in [0.3, 0.4) is 0 Å². The van der Waals surface area contributed by atoms with Crippen LogP contribution >= 0.6 is 0 Å². The van der Waals surface area contributed by atoms with E-state index in [0.29, 0.717) is 30.5 Å². The molecule has 0 bridgehead atoms. The van der Waals surface area contributed by atoms with E-state index in [2.05, 4.69) is 5.32 Å². The van der Waals surface area contributed by atoms with Crippen LogP contribution in [0.4, 0.5) is 10.7 Å². The molecule has 1 amide bonds. The number of rotatable bonds is 8. The molecule has 232 valence electrons. The molecule has 3 aromatic rings. The Morgan fingerprint density at radius 2 is 1.91 bits per heavy atom. The maximum Gasteiger partial charge on any atom is 0.407 e. The van der Waals surface area contributed by atoms with Gasteiger partial charge in [0.1, 0.15) is 5.60 Å². The number of aryl methyl sites for hydroxylation is 1. The van der Waals surface area contributed by atoms with Gasteiger partial charge in [0.05, 0.1) is 6.54 Å². The fourth-order valence-electron chi connectivity index (χ4n) is 5.02. The molecule has 0 aliphatic carbocycles. The van der Waals surface area contributed by atoms with Gasteiger partial charge in [-0.05, 0) is 59.6 Å². The molecule has 13 heteroatoms. The maximum absolute atomic E-state index is 13.9. The van der Waals surface area contributed by atoms with Crippen LogP contribution in [0.15, 0.2) is 50.4 Å². The Kier molecular flexibility index (Phi) is 9.43. The van der Waals surface area contributed by atoms with Crippen molar-refractivity contribution in [3.63, 3.8) is 0 Å². The third-order valence-corrected chi connectivity index (χ3v) is 8.03. The van der Waals surface area contributed by atoms with Crippen molar-refractivity contribution in [1.29, 1.82) is 0 Å². The number of nitrogens with one attached hydrogen (secondary N) is 1. The van der Waals surface area contributed by atoms with E-state index in [1.165, 1.54) is 23.9 Å². The minimum atomic E-state index is -1.29. The first-order valence-corrected chi connectivity index (χ1v) is 15.8. The number of hydrogen-bond donors (Lipinski definition) is 1.